The van der Waals surface area contributed by atoms with Gasteiger partial charge in [0.2, 0.25) is 0 Å². The Labute approximate surface area is 141 Å². The predicted octanol–water partition coefficient (Wildman–Crippen LogP) is 3.13. The van der Waals surface area contributed by atoms with Gasteiger partial charge in [0.1, 0.15) is 11.9 Å². The van der Waals surface area contributed by atoms with E-state index in [1.807, 2.05) is 31.3 Å². The average molecular weight is 326 g/mol. The highest BCUT2D eigenvalue weighted by atomic mass is 16.5. The number of pyridine rings is 1. The van der Waals surface area contributed by atoms with Gasteiger partial charge in [-0.1, -0.05) is 12.1 Å². The molecule has 1 fully saturated rings. The highest BCUT2D eigenvalue weighted by Crippen LogP contribution is 2.22. The molecule has 2 aromatic rings. The molecule has 1 aromatic heterocycles. The van der Waals surface area contributed by atoms with Crippen LogP contribution in [0.3, 0.4) is 0 Å². The molecule has 3 rings (SSSR count). The fourth-order valence-corrected chi connectivity index (χ4v) is 2.97. The number of piperidine rings is 1. The summed E-state index contributed by atoms with van der Waals surface area (Å²) in [5.41, 5.74) is 2.54. The van der Waals surface area contributed by atoms with Crippen molar-refractivity contribution in [1.82, 2.24) is 9.88 Å². The minimum absolute atomic E-state index is 0.247. The number of aromatic carboxylic acids is 1. The zero-order valence-electron chi connectivity index (χ0n) is 13.8. The van der Waals surface area contributed by atoms with E-state index in [9.17, 15) is 4.79 Å². The Morgan fingerprint density at radius 1 is 1.25 bits per heavy atom. The van der Waals surface area contributed by atoms with Crippen LogP contribution in [0.2, 0.25) is 0 Å². The van der Waals surface area contributed by atoms with Crippen LogP contribution in [0.1, 0.15) is 34.3 Å². The van der Waals surface area contributed by atoms with Gasteiger partial charge >= 0.3 is 5.97 Å². The van der Waals surface area contributed by atoms with E-state index in [1.54, 1.807) is 18.3 Å². The third-order valence-electron chi connectivity index (χ3n) is 4.40. The molecule has 5 nitrogen and oxygen atoms in total. The summed E-state index contributed by atoms with van der Waals surface area (Å²) in [5.74, 6) is 0.0404. The lowest BCUT2D eigenvalue weighted by Gasteiger charge is -2.32. The van der Waals surface area contributed by atoms with Crippen LogP contribution in [-0.2, 0) is 6.54 Å². The number of carbonyl (C=O) groups is 1. The van der Waals surface area contributed by atoms with E-state index >= 15 is 0 Å². The Bertz CT molecular complexity index is 692. The van der Waals surface area contributed by atoms with Crippen molar-refractivity contribution >= 4 is 5.97 Å². The van der Waals surface area contributed by atoms with Crippen LogP contribution in [0.4, 0.5) is 0 Å². The van der Waals surface area contributed by atoms with Gasteiger partial charge in [0, 0.05) is 37.6 Å². The van der Waals surface area contributed by atoms with Crippen LogP contribution in [0, 0.1) is 6.92 Å². The number of hydrogen-bond donors (Lipinski definition) is 1. The van der Waals surface area contributed by atoms with Crippen molar-refractivity contribution in [1.29, 1.82) is 0 Å². The van der Waals surface area contributed by atoms with Gasteiger partial charge in [-0.3, -0.25) is 9.88 Å². The van der Waals surface area contributed by atoms with Crippen molar-refractivity contribution in [3.05, 3.63) is 59.4 Å². The molecule has 0 radical (unpaired) electrons. The monoisotopic (exact) mass is 326 g/mol. The molecule has 0 unspecified atom stereocenters. The molecule has 0 aliphatic carbocycles. The number of carboxylic acids is 1. The summed E-state index contributed by atoms with van der Waals surface area (Å²) in [4.78, 5) is 17.4. The number of nitrogens with zero attached hydrogens (tertiary/aromatic N) is 2. The van der Waals surface area contributed by atoms with Crippen LogP contribution < -0.4 is 4.74 Å². The number of rotatable bonds is 5. The summed E-state index contributed by atoms with van der Waals surface area (Å²) < 4.78 is 6.09. The highest BCUT2D eigenvalue weighted by Gasteiger charge is 2.21. The molecule has 0 spiro atoms. The van der Waals surface area contributed by atoms with Crippen molar-refractivity contribution in [2.75, 3.05) is 13.1 Å². The third-order valence-corrected chi connectivity index (χ3v) is 4.40. The summed E-state index contributed by atoms with van der Waals surface area (Å²) >= 11 is 0. The van der Waals surface area contributed by atoms with E-state index in [0.717, 1.165) is 49.4 Å². The van der Waals surface area contributed by atoms with E-state index in [1.165, 1.54) is 0 Å². The first-order chi connectivity index (χ1) is 11.6. The van der Waals surface area contributed by atoms with Gasteiger partial charge in [-0.15, -0.1) is 0 Å². The third kappa shape index (κ3) is 4.11. The highest BCUT2D eigenvalue weighted by molar-refractivity contribution is 5.87. The van der Waals surface area contributed by atoms with E-state index in [-0.39, 0.29) is 6.10 Å². The van der Waals surface area contributed by atoms with Gasteiger partial charge in [-0.25, -0.2) is 4.79 Å². The minimum atomic E-state index is -0.883. The maximum absolute atomic E-state index is 10.9. The van der Waals surface area contributed by atoms with Gasteiger partial charge in [-0.2, -0.15) is 0 Å². The average Bonchev–Trinajstić information content (AvgIpc) is 2.59. The molecule has 1 saturated heterocycles. The fourth-order valence-electron chi connectivity index (χ4n) is 2.97. The molecular weight excluding hydrogens is 304 g/mol. The second kappa shape index (κ2) is 7.45. The van der Waals surface area contributed by atoms with Gasteiger partial charge in [0.15, 0.2) is 0 Å². The van der Waals surface area contributed by atoms with Crippen LogP contribution in [0.25, 0.3) is 0 Å². The molecule has 0 atom stereocenters. The Morgan fingerprint density at radius 3 is 2.58 bits per heavy atom. The molecule has 1 N–H and O–H groups in total. The molecule has 126 valence electrons. The second-order valence-corrected chi connectivity index (χ2v) is 6.24. The summed E-state index contributed by atoms with van der Waals surface area (Å²) in [6, 6.07) is 9.05. The zero-order chi connectivity index (χ0) is 16.9. The van der Waals surface area contributed by atoms with Crippen molar-refractivity contribution < 1.29 is 14.6 Å². The molecular formula is C19H22N2O3. The molecule has 1 aromatic carbocycles. The minimum Gasteiger partial charge on any atom is -0.490 e. The van der Waals surface area contributed by atoms with Crippen molar-refractivity contribution in [3.8, 4) is 5.75 Å². The van der Waals surface area contributed by atoms with E-state index in [4.69, 9.17) is 9.84 Å². The Balaban J connectivity index is 1.50. The van der Waals surface area contributed by atoms with E-state index in [2.05, 4.69) is 9.88 Å². The summed E-state index contributed by atoms with van der Waals surface area (Å²) in [5, 5.41) is 8.94. The maximum Gasteiger partial charge on any atom is 0.335 e. The molecule has 0 bridgehead atoms. The SMILES string of the molecule is Cc1cnccc1OC1CCN(Cc2ccc(C(=O)O)cc2)CC1. The second-order valence-electron chi connectivity index (χ2n) is 6.24. The maximum atomic E-state index is 10.9. The molecule has 1 aliphatic rings. The number of likely N-dealkylation sites (tertiary alicyclic amines) is 1. The van der Waals surface area contributed by atoms with Crippen LogP contribution in [0.15, 0.2) is 42.7 Å². The predicted molar refractivity (Wildman–Crippen MR) is 91.3 cm³/mol. The number of aryl methyl sites for hydroxylation is 1. The Kier molecular flexibility index (Phi) is 5.11. The first-order valence-electron chi connectivity index (χ1n) is 8.23. The molecule has 1 aliphatic heterocycles. The normalized spacial score (nSPS) is 16.0. The lowest BCUT2D eigenvalue weighted by atomic mass is 10.1. The lowest BCUT2D eigenvalue weighted by molar-refractivity contribution is 0.0696. The van der Waals surface area contributed by atoms with Gasteiger partial charge < -0.3 is 9.84 Å². The van der Waals surface area contributed by atoms with Crippen LogP contribution >= 0.6 is 0 Å². The van der Waals surface area contributed by atoms with Crippen molar-refractivity contribution in [3.63, 3.8) is 0 Å². The fraction of sp³-hybridized carbons (Fsp3) is 0.368. The number of hydrogen-bond acceptors (Lipinski definition) is 4. The molecule has 24 heavy (non-hydrogen) atoms. The standard InChI is InChI=1S/C19H22N2O3/c1-14-12-20-9-6-18(14)24-17-7-10-21(11-8-17)13-15-2-4-16(5-3-15)19(22)23/h2-6,9,12,17H,7-8,10-11,13H2,1H3,(H,22,23). The van der Waals surface area contributed by atoms with Gasteiger partial charge in [0.05, 0.1) is 5.56 Å². The van der Waals surface area contributed by atoms with Gasteiger partial charge in [0.25, 0.3) is 0 Å². The summed E-state index contributed by atoms with van der Waals surface area (Å²) in [6.45, 7) is 4.82. The summed E-state index contributed by atoms with van der Waals surface area (Å²) in [6.07, 6.45) is 5.82. The number of carboxylic acid groups (broad SMARTS) is 1. The van der Waals surface area contributed by atoms with Crippen molar-refractivity contribution in [2.45, 2.75) is 32.4 Å². The zero-order valence-corrected chi connectivity index (χ0v) is 13.8. The smallest absolute Gasteiger partial charge is 0.335 e. The van der Waals surface area contributed by atoms with Crippen molar-refractivity contribution in [2.24, 2.45) is 0 Å². The molecule has 0 saturated carbocycles. The topological polar surface area (TPSA) is 62.7 Å². The first kappa shape index (κ1) is 16.5. The van der Waals surface area contributed by atoms with E-state index < -0.39 is 5.97 Å². The molecule has 5 heteroatoms. The largest absolute Gasteiger partial charge is 0.490 e. The first-order valence-corrected chi connectivity index (χ1v) is 8.23. The van der Waals surface area contributed by atoms with E-state index in [0.29, 0.717) is 5.56 Å². The quantitative estimate of drug-likeness (QED) is 0.914. The number of ether oxygens (including phenoxy) is 1. The molecule has 2 heterocycles. The van der Waals surface area contributed by atoms with Crippen LogP contribution in [0.5, 0.6) is 5.75 Å². The van der Waals surface area contributed by atoms with Gasteiger partial charge in [-0.05, 0) is 43.5 Å². The number of benzene rings is 1. The Morgan fingerprint density at radius 2 is 1.96 bits per heavy atom. The summed E-state index contributed by atoms with van der Waals surface area (Å²) in [7, 11) is 0. The Hall–Kier alpha value is -2.40. The lowest BCUT2D eigenvalue weighted by Crippen LogP contribution is -2.37. The molecule has 0 amide bonds. The number of aromatic nitrogens is 1. The van der Waals surface area contributed by atoms with Crippen LogP contribution in [-0.4, -0.2) is 40.2 Å².